The maximum absolute atomic E-state index is 5.52. The second-order valence-corrected chi connectivity index (χ2v) is 12.9. The lowest BCUT2D eigenvalue weighted by atomic mass is 10.0. The first-order valence-corrected chi connectivity index (χ1v) is 17.1. The molecule has 2 atom stereocenters. The fourth-order valence-corrected chi connectivity index (χ4v) is 7.75. The van der Waals surface area contributed by atoms with Crippen molar-refractivity contribution in [1.82, 2.24) is 19.8 Å². The van der Waals surface area contributed by atoms with E-state index in [1.54, 1.807) is 0 Å². The van der Waals surface area contributed by atoms with Gasteiger partial charge < -0.3 is 14.5 Å². The van der Waals surface area contributed by atoms with Gasteiger partial charge in [0.05, 0.1) is 22.1 Å². The van der Waals surface area contributed by atoms with E-state index in [0.29, 0.717) is 0 Å². The quantitative estimate of drug-likeness (QED) is 0.196. The van der Waals surface area contributed by atoms with E-state index in [0.717, 1.165) is 39.2 Å². The molecule has 3 heterocycles. The van der Waals surface area contributed by atoms with Gasteiger partial charge in [-0.05, 0) is 47.0 Å². The predicted octanol–water partition coefficient (Wildman–Crippen LogP) is 10.4. The molecule has 238 valence electrons. The summed E-state index contributed by atoms with van der Waals surface area (Å²) in [5.41, 5.74) is 10.3. The summed E-state index contributed by atoms with van der Waals surface area (Å²) in [6, 6.07) is 62.6. The van der Waals surface area contributed by atoms with E-state index in [4.69, 9.17) is 4.99 Å². The van der Waals surface area contributed by atoms with Crippen LogP contribution < -0.4 is 10.6 Å². The second-order valence-electron chi connectivity index (χ2n) is 12.9. The Kier molecular flexibility index (Phi) is 6.64. The molecule has 50 heavy (non-hydrogen) atoms. The van der Waals surface area contributed by atoms with Crippen LogP contribution in [0.4, 0.5) is 0 Å². The van der Waals surface area contributed by atoms with Crippen molar-refractivity contribution in [3.8, 4) is 16.8 Å². The first-order chi connectivity index (χ1) is 24.8. The van der Waals surface area contributed by atoms with Crippen LogP contribution >= 0.6 is 0 Å². The molecule has 0 radical (unpaired) electrons. The number of amidine groups is 1. The fraction of sp³-hybridized carbons (Fsp3) is 0.0444. The Morgan fingerprint density at radius 3 is 1.80 bits per heavy atom. The van der Waals surface area contributed by atoms with Gasteiger partial charge in [0.25, 0.3) is 0 Å². The van der Waals surface area contributed by atoms with Gasteiger partial charge in [0.2, 0.25) is 0 Å². The number of aliphatic imine (C=N–C) groups is 1. The topological polar surface area (TPSA) is 46.3 Å². The van der Waals surface area contributed by atoms with Crippen molar-refractivity contribution in [1.29, 1.82) is 0 Å². The molecule has 0 saturated heterocycles. The van der Waals surface area contributed by atoms with Crippen LogP contribution in [0.15, 0.2) is 181 Å². The molecule has 0 bridgehead atoms. The van der Waals surface area contributed by atoms with Crippen LogP contribution in [0.3, 0.4) is 0 Å². The molecule has 5 heteroatoms. The molecule has 0 aliphatic carbocycles. The highest BCUT2D eigenvalue weighted by Gasteiger charge is 2.29. The van der Waals surface area contributed by atoms with Crippen molar-refractivity contribution in [3.63, 3.8) is 0 Å². The standard InChI is InChI=1S/C45H33N5/c1-4-15-30(16-5-1)32-19-14-20-33(29-32)44-46-43(31-17-6-2-7-18-31)47-45(48-44)50-40-26-13-11-24-36(40)38-28-27-37-35-23-10-12-25-39(35)49(41(37)42(38)50)34-21-8-3-9-22-34/h1-29,43,45,47H,(H,46,48). The molecule has 1 aliphatic rings. The third-order valence-electron chi connectivity index (χ3n) is 9.99. The zero-order chi connectivity index (χ0) is 33.0. The maximum atomic E-state index is 5.52. The Morgan fingerprint density at radius 1 is 0.460 bits per heavy atom. The molecule has 0 amide bonds. The van der Waals surface area contributed by atoms with E-state index in [9.17, 15) is 0 Å². The minimum atomic E-state index is -0.410. The summed E-state index contributed by atoms with van der Waals surface area (Å²) in [6.45, 7) is 0. The summed E-state index contributed by atoms with van der Waals surface area (Å²) in [7, 11) is 0. The molecule has 0 saturated carbocycles. The highest BCUT2D eigenvalue weighted by molar-refractivity contribution is 6.23. The minimum absolute atomic E-state index is 0.176. The van der Waals surface area contributed by atoms with Gasteiger partial charge in [0.1, 0.15) is 12.0 Å². The molecule has 2 aromatic heterocycles. The van der Waals surface area contributed by atoms with E-state index < -0.39 is 6.29 Å². The first-order valence-electron chi connectivity index (χ1n) is 17.1. The predicted molar refractivity (Wildman–Crippen MR) is 207 cm³/mol. The first kappa shape index (κ1) is 28.6. The fourth-order valence-electron chi connectivity index (χ4n) is 7.75. The van der Waals surface area contributed by atoms with Crippen molar-refractivity contribution < 1.29 is 0 Å². The summed E-state index contributed by atoms with van der Waals surface area (Å²) in [5, 5.41) is 12.5. The number of fused-ring (bicyclic) bond motifs is 7. The van der Waals surface area contributed by atoms with Crippen LogP contribution in [-0.2, 0) is 0 Å². The normalized spacial score (nSPS) is 16.2. The highest BCUT2D eigenvalue weighted by atomic mass is 15.4. The van der Waals surface area contributed by atoms with E-state index in [1.165, 1.54) is 38.1 Å². The van der Waals surface area contributed by atoms with Crippen molar-refractivity contribution in [2.75, 3.05) is 0 Å². The third-order valence-corrected chi connectivity index (χ3v) is 9.99. The van der Waals surface area contributed by atoms with Crippen molar-refractivity contribution >= 4 is 49.4 Å². The summed E-state index contributed by atoms with van der Waals surface area (Å²) in [5.74, 6) is 0.849. The largest absolute Gasteiger partial charge is 0.350 e. The Bertz CT molecular complexity index is 2710. The second kappa shape index (κ2) is 11.6. The Labute approximate surface area is 289 Å². The monoisotopic (exact) mass is 643 g/mol. The lowest BCUT2D eigenvalue weighted by molar-refractivity contribution is 0.341. The summed E-state index contributed by atoms with van der Waals surface area (Å²) >= 11 is 0. The number of para-hydroxylation sites is 3. The van der Waals surface area contributed by atoms with E-state index in [1.807, 2.05) is 0 Å². The lowest BCUT2D eigenvalue weighted by Gasteiger charge is -2.33. The Hall–Kier alpha value is -6.43. The van der Waals surface area contributed by atoms with Gasteiger partial charge in [-0.1, -0.05) is 146 Å². The molecule has 10 rings (SSSR count). The van der Waals surface area contributed by atoms with Crippen molar-refractivity contribution in [2.45, 2.75) is 12.5 Å². The van der Waals surface area contributed by atoms with Gasteiger partial charge in [-0.15, -0.1) is 0 Å². The van der Waals surface area contributed by atoms with Gasteiger partial charge in [0.15, 0.2) is 6.29 Å². The van der Waals surface area contributed by atoms with Gasteiger partial charge in [-0.25, -0.2) is 4.99 Å². The SMILES string of the molecule is c1ccc(-c2cccc(C3=NC(n4c5ccccc5c5ccc6c7ccccc7n(-c7ccccc7)c6c54)NC(c4ccccc4)N3)c2)cc1. The average Bonchev–Trinajstić information content (AvgIpc) is 3.72. The Balaban J connectivity index is 1.27. The molecular weight excluding hydrogens is 611 g/mol. The number of aromatic nitrogens is 2. The van der Waals surface area contributed by atoms with Crippen LogP contribution in [-0.4, -0.2) is 15.0 Å². The van der Waals surface area contributed by atoms with Crippen molar-refractivity contribution in [2.24, 2.45) is 4.99 Å². The molecule has 2 N–H and O–H groups in total. The zero-order valence-electron chi connectivity index (χ0n) is 27.2. The molecule has 5 nitrogen and oxygen atoms in total. The van der Waals surface area contributed by atoms with Crippen LogP contribution in [0, 0.1) is 0 Å². The van der Waals surface area contributed by atoms with E-state index in [2.05, 4.69) is 196 Å². The van der Waals surface area contributed by atoms with Gasteiger partial charge in [-0.3, -0.25) is 5.32 Å². The lowest BCUT2D eigenvalue weighted by Crippen LogP contribution is -2.46. The summed E-state index contributed by atoms with van der Waals surface area (Å²) in [6.07, 6.45) is -0.587. The van der Waals surface area contributed by atoms with Crippen LogP contribution in [0.2, 0.25) is 0 Å². The number of nitrogens with zero attached hydrogens (tertiary/aromatic N) is 3. The molecular formula is C45H33N5. The van der Waals surface area contributed by atoms with Crippen LogP contribution in [0.5, 0.6) is 0 Å². The summed E-state index contributed by atoms with van der Waals surface area (Å²) in [4.78, 5) is 5.52. The third kappa shape index (κ3) is 4.55. The van der Waals surface area contributed by atoms with Crippen molar-refractivity contribution in [3.05, 3.63) is 187 Å². The maximum Gasteiger partial charge on any atom is 0.184 e. The molecule has 7 aromatic carbocycles. The highest BCUT2D eigenvalue weighted by Crippen LogP contribution is 2.42. The molecule has 1 aliphatic heterocycles. The Morgan fingerprint density at radius 2 is 1.04 bits per heavy atom. The van der Waals surface area contributed by atoms with Crippen LogP contribution in [0.25, 0.3) is 60.4 Å². The number of rotatable bonds is 5. The summed E-state index contributed by atoms with van der Waals surface area (Å²) < 4.78 is 4.84. The number of hydrogen-bond acceptors (Lipinski definition) is 3. The van der Waals surface area contributed by atoms with Gasteiger partial charge in [0, 0.05) is 32.8 Å². The number of benzene rings is 7. The van der Waals surface area contributed by atoms with Crippen LogP contribution in [0.1, 0.15) is 23.6 Å². The molecule has 2 unspecified atom stereocenters. The number of hydrogen-bond donors (Lipinski definition) is 2. The average molecular weight is 644 g/mol. The molecule has 0 spiro atoms. The zero-order valence-corrected chi connectivity index (χ0v) is 27.2. The number of nitrogens with one attached hydrogen (secondary N) is 2. The van der Waals surface area contributed by atoms with Gasteiger partial charge in [-0.2, -0.15) is 0 Å². The van der Waals surface area contributed by atoms with Gasteiger partial charge >= 0.3 is 0 Å². The van der Waals surface area contributed by atoms with E-state index >= 15 is 0 Å². The van der Waals surface area contributed by atoms with E-state index in [-0.39, 0.29) is 6.17 Å². The minimum Gasteiger partial charge on any atom is -0.350 e. The smallest absolute Gasteiger partial charge is 0.184 e. The molecule has 9 aromatic rings. The molecule has 0 fully saturated rings.